The molecule has 1 aliphatic heterocycles. The molecule has 0 fully saturated rings. The van der Waals surface area contributed by atoms with Gasteiger partial charge in [0.1, 0.15) is 0 Å². The van der Waals surface area contributed by atoms with Crippen LogP contribution in [0.4, 0.5) is 17.1 Å². The largest absolute Gasteiger partial charge is 4.00 e. The Hall–Kier alpha value is -1.65. The van der Waals surface area contributed by atoms with Crippen LogP contribution in [0.25, 0.3) is 10.8 Å². The number of anilines is 3. The van der Waals surface area contributed by atoms with Crippen molar-refractivity contribution < 1.29 is 50.7 Å². The van der Waals surface area contributed by atoms with E-state index in [2.05, 4.69) is 116 Å². The van der Waals surface area contributed by atoms with Gasteiger partial charge in [-0.3, -0.25) is 6.08 Å². The zero-order valence-corrected chi connectivity index (χ0v) is 24.4. The van der Waals surface area contributed by atoms with Gasteiger partial charge in [0.2, 0.25) is 0 Å². The van der Waals surface area contributed by atoms with Crippen LogP contribution in [-0.4, -0.2) is 0 Å². The van der Waals surface area contributed by atoms with Gasteiger partial charge in [0.15, 0.2) is 0 Å². The summed E-state index contributed by atoms with van der Waals surface area (Å²) in [6.45, 7) is 4.22. The summed E-state index contributed by atoms with van der Waals surface area (Å²) in [6, 6.07) is 30.4. The van der Waals surface area contributed by atoms with Gasteiger partial charge in [0.25, 0.3) is 0 Å². The standard InChI is InChI=1S/C21H14NS.C7H9.2ClH.Hf/c1-2-8-16-14-17(13-15(16)7-1)22-18-9-3-5-11-20(18)23-21-12-6-4-10-19(21)22;1-6-4-3-5-7(6)2;;;/h1-14H;4H,3H2,1-2H3;2*1H;/q2*-1;;;+4/p-2. The summed E-state index contributed by atoms with van der Waals surface area (Å²) in [5.41, 5.74) is 6.45. The van der Waals surface area contributed by atoms with Crippen LogP contribution < -0.4 is 29.7 Å². The molecule has 4 aromatic carbocycles. The van der Waals surface area contributed by atoms with Crippen molar-refractivity contribution in [1.29, 1.82) is 0 Å². The Morgan fingerprint density at radius 3 is 1.91 bits per heavy atom. The Balaban J connectivity index is 0.000000337. The summed E-state index contributed by atoms with van der Waals surface area (Å²) < 4.78 is 0. The predicted molar refractivity (Wildman–Crippen MR) is 129 cm³/mol. The maximum absolute atomic E-state index is 3.19. The topological polar surface area (TPSA) is 3.24 Å². The molecule has 0 N–H and O–H groups in total. The number of rotatable bonds is 1. The number of benzene rings is 3. The molecular formula is C28H23Cl2HfNS. The summed E-state index contributed by atoms with van der Waals surface area (Å²) in [4.78, 5) is 4.98. The number of hydrogen-bond donors (Lipinski definition) is 0. The maximum atomic E-state index is 3.19. The van der Waals surface area contributed by atoms with Crippen LogP contribution in [0.15, 0.2) is 112 Å². The van der Waals surface area contributed by atoms with Crippen molar-refractivity contribution in [3.8, 4) is 0 Å². The van der Waals surface area contributed by atoms with Gasteiger partial charge in [-0.05, 0) is 30.0 Å². The van der Waals surface area contributed by atoms with Crippen molar-refractivity contribution in [1.82, 2.24) is 0 Å². The van der Waals surface area contributed by atoms with E-state index in [0.29, 0.717) is 0 Å². The molecule has 6 rings (SSSR count). The van der Waals surface area contributed by atoms with Crippen LogP contribution in [0, 0.1) is 6.08 Å². The number of halogens is 2. The van der Waals surface area contributed by atoms with Gasteiger partial charge in [0, 0.05) is 9.79 Å². The van der Waals surface area contributed by atoms with Crippen molar-refractivity contribution >= 4 is 39.6 Å². The molecule has 0 unspecified atom stereocenters. The fourth-order valence-corrected chi connectivity index (χ4v) is 4.95. The van der Waals surface area contributed by atoms with Gasteiger partial charge in [-0.2, -0.15) is 6.08 Å². The number of nitrogens with zero attached hydrogens (tertiary/aromatic N) is 1. The minimum atomic E-state index is 0. The third-order valence-electron chi connectivity index (χ3n) is 5.66. The average molecular weight is 655 g/mol. The minimum Gasteiger partial charge on any atom is -1.00 e. The molecule has 0 aromatic heterocycles. The summed E-state index contributed by atoms with van der Waals surface area (Å²) in [7, 11) is 0. The molecule has 0 radical (unpaired) electrons. The van der Waals surface area contributed by atoms with Crippen LogP contribution in [0.5, 0.6) is 0 Å². The zero-order valence-electron chi connectivity index (χ0n) is 18.5. The molecule has 2 aliphatic rings. The Bertz CT molecular complexity index is 1200. The summed E-state index contributed by atoms with van der Waals surface area (Å²) >= 11 is 1.85. The van der Waals surface area contributed by atoms with Gasteiger partial charge < -0.3 is 29.7 Å². The van der Waals surface area contributed by atoms with E-state index in [0.717, 1.165) is 6.42 Å². The molecule has 0 amide bonds. The van der Waals surface area contributed by atoms with Crippen LogP contribution in [-0.2, 0) is 25.8 Å². The van der Waals surface area contributed by atoms with Crippen LogP contribution in [0.2, 0.25) is 0 Å². The smallest absolute Gasteiger partial charge is 1.00 e. The van der Waals surface area contributed by atoms with E-state index >= 15 is 0 Å². The average Bonchev–Trinajstić information content (AvgIpc) is 3.37. The van der Waals surface area contributed by atoms with E-state index < -0.39 is 0 Å². The van der Waals surface area contributed by atoms with E-state index in [1.807, 2.05) is 11.8 Å². The molecule has 0 saturated heterocycles. The van der Waals surface area contributed by atoms with Crippen molar-refractivity contribution in [2.75, 3.05) is 4.90 Å². The number of para-hydroxylation sites is 2. The molecule has 0 bridgehead atoms. The van der Waals surface area contributed by atoms with Crippen LogP contribution >= 0.6 is 11.8 Å². The first-order chi connectivity index (χ1) is 14.7. The quantitative estimate of drug-likeness (QED) is 0.202. The monoisotopic (exact) mass is 655 g/mol. The molecule has 1 aliphatic carbocycles. The first-order valence-corrected chi connectivity index (χ1v) is 11.1. The summed E-state index contributed by atoms with van der Waals surface area (Å²) in [5.74, 6) is 0. The molecule has 0 atom stereocenters. The summed E-state index contributed by atoms with van der Waals surface area (Å²) in [6.07, 6.45) is 6.41. The normalized spacial score (nSPS) is 13.1. The van der Waals surface area contributed by atoms with Crippen molar-refractivity contribution in [2.24, 2.45) is 0 Å². The van der Waals surface area contributed by atoms with Crippen molar-refractivity contribution in [3.63, 3.8) is 0 Å². The molecule has 0 saturated carbocycles. The first-order valence-electron chi connectivity index (χ1n) is 10.3. The third-order valence-corrected chi connectivity index (χ3v) is 6.79. The van der Waals surface area contributed by atoms with E-state index in [9.17, 15) is 0 Å². The van der Waals surface area contributed by atoms with Crippen molar-refractivity contribution in [3.05, 3.63) is 108 Å². The van der Waals surface area contributed by atoms with Crippen LogP contribution in [0.1, 0.15) is 20.3 Å². The minimum absolute atomic E-state index is 0. The van der Waals surface area contributed by atoms with Gasteiger partial charge in [-0.1, -0.05) is 49.0 Å². The van der Waals surface area contributed by atoms with Gasteiger partial charge in [-0.15, -0.1) is 54.4 Å². The molecule has 164 valence electrons. The number of hydrogen-bond acceptors (Lipinski definition) is 2. The number of allylic oxidation sites excluding steroid dienone is 4. The maximum Gasteiger partial charge on any atom is 4.00 e. The fourth-order valence-electron chi connectivity index (χ4n) is 3.90. The first kappa shape index (κ1) is 27.6. The Kier molecular flexibility index (Phi) is 10.2. The van der Waals surface area contributed by atoms with Crippen LogP contribution in [0.3, 0.4) is 0 Å². The summed E-state index contributed by atoms with van der Waals surface area (Å²) in [5, 5.41) is 2.58. The molecule has 5 heteroatoms. The van der Waals surface area contributed by atoms with E-state index in [1.54, 1.807) is 0 Å². The molecular weight excluding hydrogens is 632 g/mol. The second kappa shape index (κ2) is 12.2. The number of fused-ring (bicyclic) bond motifs is 3. The third kappa shape index (κ3) is 5.71. The Labute approximate surface area is 231 Å². The second-order valence-electron chi connectivity index (χ2n) is 7.61. The Morgan fingerprint density at radius 2 is 1.39 bits per heavy atom. The molecule has 1 nitrogen and oxygen atoms in total. The van der Waals surface area contributed by atoms with Gasteiger partial charge in [0.05, 0.1) is 11.4 Å². The van der Waals surface area contributed by atoms with Gasteiger partial charge >= 0.3 is 25.8 Å². The van der Waals surface area contributed by atoms with E-state index in [4.69, 9.17) is 0 Å². The molecule has 0 spiro atoms. The second-order valence-corrected chi connectivity index (χ2v) is 8.69. The zero-order chi connectivity index (χ0) is 20.5. The molecule has 33 heavy (non-hydrogen) atoms. The molecule has 4 aromatic rings. The van der Waals surface area contributed by atoms with Crippen molar-refractivity contribution in [2.45, 2.75) is 30.1 Å². The SMILES string of the molecule is CC1=[C-]CC=C1C.[Cl-].[Cl-].[Hf+4].c1ccc2c(c1)Sc1ccccc1N2c1cc2ccccc2[cH-]1. The predicted octanol–water partition coefficient (Wildman–Crippen LogP) is 2.58. The van der Waals surface area contributed by atoms with E-state index in [1.165, 1.54) is 48.8 Å². The molecule has 1 heterocycles. The van der Waals surface area contributed by atoms with E-state index in [-0.39, 0.29) is 50.7 Å². The fraction of sp³-hybridized carbons (Fsp3) is 0.107. The van der Waals surface area contributed by atoms with Gasteiger partial charge in [-0.25, -0.2) is 11.1 Å². The Morgan fingerprint density at radius 1 is 0.818 bits per heavy atom.